The highest BCUT2D eigenvalue weighted by molar-refractivity contribution is 5.84. The molecule has 0 fully saturated rings. The fourth-order valence-electron chi connectivity index (χ4n) is 2.40. The third-order valence-corrected chi connectivity index (χ3v) is 3.42. The highest BCUT2D eigenvalue weighted by atomic mass is 16.1. The van der Waals surface area contributed by atoms with Gasteiger partial charge in [-0.25, -0.2) is 0 Å². The summed E-state index contributed by atoms with van der Waals surface area (Å²) in [6.07, 6.45) is 0.908. The van der Waals surface area contributed by atoms with Gasteiger partial charge in [0, 0.05) is 17.1 Å². The van der Waals surface area contributed by atoms with Gasteiger partial charge in [-0.15, -0.1) is 0 Å². The van der Waals surface area contributed by atoms with Crippen molar-refractivity contribution in [3.8, 4) is 11.3 Å². The molecule has 0 radical (unpaired) electrons. The number of pyridine rings is 1. The summed E-state index contributed by atoms with van der Waals surface area (Å²) in [4.78, 5) is 15.6. The van der Waals surface area contributed by atoms with Gasteiger partial charge < -0.3 is 4.98 Å². The molecule has 3 aromatic rings. The standard InChI is InChI=1S/C17H15NO/c1-2-12-9-6-10-14-16(19)11-15(18-17(12)14)13-7-4-3-5-8-13/h3-11H,2H2,1H3,(H,18,19). The number of aromatic nitrogens is 1. The van der Waals surface area contributed by atoms with Gasteiger partial charge >= 0.3 is 0 Å². The Hall–Kier alpha value is -2.35. The number of aromatic amines is 1. The first-order chi connectivity index (χ1) is 9.29. The maximum Gasteiger partial charge on any atom is 0.190 e. The summed E-state index contributed by atoms with van der Waals surface area (Å²) in [7, 11) is 0. The van der Waals surface area contributed by atoms with Crippen molar-refractivity contribution in [3.63, 3.8) is 0 Å². The number of hydrogen-bond acceptors (Lipinski definition) is 1. The van der Waals surface area contributed by atoms with Crippen LogP contribution in [0.2, 0.25) is 0 Å². The molecule has 1 heterocycles. The maximum absolute atomic E-state index is 12.2. The molecule has 0 spiro atoms. The predicted octanol–water partition coefficient (Wildman–Crippen LogP) is 3.76. The topological polar surface area (TPSA) is 32.9 Å². The van der Waals surface area contributed by atoms with Gasteiger partial charge in [0.15, 0.2) is 5.43 Å². The summed E-state index contributed by atoms with van der Waals surface area (Å²) in [6.45, 7) is 2.10. The molecule has 0 amide bonds. The van der Waals surface area contributed by atoms with E-state index in [1.165, 1.54) is 5.56 Å². The van der Waals surface area contributed by atoms with Gasteiger partial charge in [0.2, 0.25) is 0 Å². The van der Waals surface area contributed by atoms with Crippen LogP contribution in [0.5, 0.6) is 0 Å². The Morgan fingerprint density at radius 1 is 1.00 bits per heavy atom. The first-order valence-corrected chi connectivity index (χ1v) is 6.50. The average Bonchev–Trinajstić information content (AvgIpc) is 2.47. The molecule has 0 aliphatic carbocycles. The van der Waals surface area contributed by atoms with Gasteiger partial charge in [0.05, 0.1) is 5.52 Å². The molecule has 0 aliphatic heterocycles. The van der Waals surface area contributed by atoms with E-state index in [0.717, 1.165) is 28.6 Å². The fourth-order valence-corrected chi connectivity index (χ4v) is 2.40. The van der Waals surface area contributed by atoms with Crippen LogP contribution < -0.4 is 5.43 Å². The van der Waals surface area contributed by atoms with Crippen molar-refractivity contribution < 1.29 is 0 Å². The van der Waals surface area contributed by atoms with Crippen LogP contribution in [-0.4, -0.2) is 4.98 Å². The van der Waals surface area contributed by atoms with Gasteiger partial charge in [-0.3, -0.25) is 4.79 Å². The smallest absolute Gasteiger partial charge is 0.190 e. The average molecular weight is 249 g/mol. The van der Waals surface area contributed by atoms with E-state index in [1.807, 2.05) is 42.5 Å². The van der Waals surface area contributed by atoms with E-state index >= 15 is 0 Å². The minimum Gasteiger partial charge on any atom is -0.354 e. The number of para-hydroxylation sites is 1. The molecule has 94 valence electrons. The molecular formula is C17H15NO. The third kappa shape index (κ3) is 2.06. The Bertz CT molecular complexity index is 772. The third-order valence-electron chi connectivity index (χ3n) is 3.42. The number of rotatable bonds is 2. The van der Waals surface area contributed by atoms with Gasteiger partial charge in [0.25, 0.3) is 0 Å². The van der Waals surface area contributed by atoms with Crippen LogP contribution in [0, 0.1) is 0 Å². The molecule has 2 aromatic carbocycles. The van der Waals surface area contributed by atoms with Crippen molar-refractivity contribution in [2.75, 3.05) is 0 Å². The lowest BCUT2D eigenvalue weighted by molar-refractivity contribution is 1.14. The largest absolute Gasteiger partial charge is 0.354 e. The molecule has 1 N–H and O–H groups in total. The van der Waals surface area contributed by atoms with Crippen molar-refractivity contribution >= 4 is 10.9 Å². The second-order valence-electron chi connectivity index (χ2n) is 4.61. The number of hydrogen-bond donors (Lipinski definition) is 1. The summed E-state index contributed by atoms with van der Waals surface area (Å²) in [6, 6.07) is 17.5. The minimum atomic E-state index is 0.0721. The lowest BCUT2D eigenvalue weighted by Crippen LogP contribution is -2.04. The van der Waals surface area contributed by atoms with Crippen LogP contribution in [0.4, 0.5) is 0 Å². The van der Waals surface area contributed by atoms with Crippen LogP contribution in [0.25, 0.3) is 22.2 Å². The molecule has 0 saturated carbocycles. The van der Waals surface area contributed by atoms with Crippen LogP contribution >= 0.6 is 0 Å². The Balaban J connectivity index is 2.33. The van der Waals surface area contributed by atoms with E-state index in [9.17, 15) is 4.79 Å². The molecule has 3 rings (SSSR count). The van der Waals surface area contributed by atoms with E-state index in [1.54, 1.807) is 6.07 Å². The quantitative estimate of drug-likeness (QED) is 0.737. The van der Waals surface area contributed by atoms with Crippen LogP contribution in [0.15, 0.2) is 59.4 Å². The zero-order valence-corrected chi connectivity index (χ0v) is 10.8. The van der Waals surface area contributed by atoms with E-state index in [-0.39, 0.29) is 5.43 Å². The van der Waals surface area contributed by atoms with E-state index in [2.05, 4.69) is 18.0 Å². The van der Waals surface area contributed by atoms with Gasteiger partial charge in [-0.1, -0.05) is 49.4 Å². The molecule has 0 bridgehead atoms. The Kier molecular flexibility index (Phi) is 2.92. The van der Waals surface area contributed by atoms with Crippen molar-refractivity contribution in [3.05, 3.63) is 70.4 Å². The van der Waals surface area contributed by atoms with Gasteiger partial charge in [-0.2, -0.15) is 0 Å². The zero-order valence-electron chi connectivity index (χ0n) is 10.8. The minimum absolute atomic E-state index is 0.0721. The summed E-state index contributed by atoms with van der Waals surface area (Å²) >= 11 is 0. The number of nitrogens with one attached hydrogen (secondary N) is 1. The lowest BCUT2D eigenvalue weighted by Gasteiger charge is -2.07. The molecule has 2 heteroatoms. The zero-order chi connectivity index (χ0) is 13.2. The molecule has 19 heavy (non-hydrogen) atoms. The Morgan fingerprint density at radius 3 is 2.53 bits per heavy atom. The first kappa shape index (κ1) is 11.7. The van der Waals surface area contributed by atoms with E-state index in [0.29, 0.717) is 0 Å². The van der Waals surface area contributed by atoms with Crippen LogP contribution in [-0.2, 0) is 6.42 Å². The molecule has 0 atom stereocenters. The van der Waals surface area contributed by atoms with Crippen LogP contribution in [0.3, 0.4) is 0 Å². The number of aryl methyl sites for hydroxylation is 1. The summed E-state index contributed by atoms with van der Waals surface area (Å²) in [5, 5.41) is 0.763. The van der Waals surface area contributed by atoms with Crippen molar-refractivity contribution in [2.24, 2.45) is 0 Å². The first-order valence-electron chi connectivity index (χ1n) is 6.50. The maximum atomic E-state index is 12.2. The highest BCUT2D eigenvalue weighted by Gasteiger charge is 2.06. The molecule has 0 unspecified atom stereocenters. The van der Waals surface area contributed by atoms with Crippen molar-refractivity contribution in [1.82, 2.24) is 4.98 Å². The SMILES string of the molecule is CCc1cccc2c(=O)cc(-c3ccccc3)[nH]c12. The molecule has 2 nitrogen and oxygen atoms in total. The predicted molar refractivity (Wildman–Crippen MR) is 79.4 cm³/mol. The highest BCUT2D eigenvalue weighted by Crippen LogP contribution is 2.20. The van der Waals surface area contributed by atoms with Crippen LogP contribution in [0.1, 0.15) is 12.5 Å². The van der Waals surface area contributed by atoms with Gasteiger partial charge in [0.1, 0.15) is 0 Å². The molecule has 1 aromatic heterocycles. The Morgan fingerprint density at radius 2 is 1.79 bits per heavy atom. The van der Waals surface area contributed by atoms with Gasteiger partial charge in [-0.05, 0) is 23.6 Å². The molecular weight excluding hydrogens is 234 g/mol. The second-order valence-corrected chi connectivity index (χ2v) is 4.61. The number of fused-ring (bicyclic) bond motifs is 1. The Labute approximate surface area is 111 Å². The lowest BCUT2D eigenvalue weighted by atomic mass is 10.0. The number of benzene rings is 2. The van der Waals surface area contributed by atoms with E-state index in [4.69, 9.17) is 0 Å². The normalized spacial score (nSPS) is 10.8. The molecule has 0 saturated heterocycles. The number of H-pyrrole nitrogens is 1. The summed E-state index contributed by atoms with van der Waals surface area (Å²) < 4.78 is 0. The van der Waals surface area contributed by atoms with E-state index < -0.39 is 0 Å². The fraction of sp³-hybridized carbons (Fsp3) is 0.118. The van der Waals surface area contributed by atoms with Crippen molar-refractivity contribution in [1.29, 1.82) is 0 Å². The van der Waals surface area contributed by atoms with Crippen molar-refractivity contribution in [2.45, 2.75) is 13.3 Å². The summed E-state index contributed by atoms with van der Waals surface area (Å²) in [5.74, 6) is 0. The molecule has 0 aliphatic rings. The second kappa shape index (κ2) is 4.73. The monoisotopic (exact) mass is 249 g/mol. The summed E-state index contributed by atoms with van der Waals surface area (Å²) in [5.41, 5.74) is 4.11.